The van der Waals surface area contributed by atoms with Crippen molar-refractivity contribution in [3.05, 3.63) is 73.3 Å². The van der Waals surface area contributed by atoms with Crippen LogP contribution < -0.4 is 5.56 Å². The molecule has 33 heavy (non-hydrogen) atoms. The number of alkyl halides is 1. The van der Waals surface area contributed by atoms with E-state index in [0.29, 0.717) is 26.2 Å². The maximum absolute atomic E-state index is 14.4. The average molecular weight is 500 g/mol. The number of nitrogens with zero attached hydrogens (tertiary/aromatic N) is 3. The number of fused-ring (bicyclic) bond motifs is 3. The Morgan fingerprint density at radius 3 is 2.39 bits per heavy atom. The number of rotatable bonds is 3. The van der Waals surface area contributed by atoms with Crippen LogP contribution in [-0.4, -0.2) is 14.1 Å². The molecule has 8 heteroatoms. The molecule has 2 aromatic carbocycles. The van der Waals surface area contributed by atoms with E-state index < -0.39 is 5.67 Å². The van der Waals surface area contributed by atoms with E-state index in [0.717, 1.165) is 33.2 Å². The summed E-state index contributed by atoms with van der Waals surface area (Å²) in [6.45, 7) is 3.01. The molecule has 0 saturated heterocycles. The molecule has 3 heterocycles. The van der Waals surface area contributed by atoms with Crippen LogP contribution in [0.1, 0.15) is 18.9 Å². The Bertz CT molecular complexity index is 1630. The van der Waals surface area contributed by atoms with Crippen molar-refractivity contribution < 1.29 is 4.39 Å². The quantitative estimate of drug-likeness (QED) is 0.260. The fourth-order valence-corrected chi connectivity index (χ4v) is 5.58. The van der Waals surface area contributed by atoms with Gasteiger partial charge in [0.25, 0.3) is 5.56 Å². The Hall–Kier alpha value is -2.67. The number of hydrogen-bond donors (Lipinski definition) is 0. The monoisotopic (exact) mass is 499 g/mol. The lowest BCUT2D eigenvalue weighted by atomic mass is 10.0. The number of halogens is 3. The van der Waals surface area contributed by atoms with Crippen LogP contribution >= 0.6 is 34.5 Å². The molecule has 0 bridgehead atoms. The van der Waals surface area contributed by atoms with Gasteiger partial charge in [0.2, 0.25) is 0 Å². The molecular formula is C25H20Cl2FN3OS. The first-order valence-corrected chi connectivity index (χ1v) is 11.9. The Labute approximate surface area is 203 Å². The zero-order valence-corrected chi connectivity index (χ0v) is 20.7. The minimum absolute atomic E-state index is 0.146. The number of aryl methyl sites for hydroxylation is 2. The Morgan fingerprint density at radius 2 is 1.73 bits per heavy atom. The first-order chi connectivity index (χ1) is 15.6. The molecule has 0 aliphatic carbocycles. The molecule has 0 aliphatic heterocycles. The average Bonchev–Trinajstić information content (AvgIpc) is 3.35. The SMILES string of the molecule is Cn1c(=O)c(-c2ccc(Cl)cc2Cl)cc2c3cc(-c4csc(C(C)(C)F)n4)ccc3n(C)c21. The van der Waals surface area contributed by atoms with Crippen LogP contribution in [0.5, 0.6) is 0 Å². The van der Waals surface area contributed by atoms with Gasteiger partial charge < -0.3 is 4.57 Å². The van der Waals surface area contributed by atoms with E-state index in [1.807, 2.05) is 41.3 Å². The van der Waals surface area contributed by atoms with Crippen molar-refractivity contribution in [2.45, 2.75) is 19.5 Å². The highest BCUT2D eigenvalue weighted by Crippen LogP contribution is 2.36. The minimum Gasteiger partial charge on any atom is -0.330 e. The molecule has 3 aromatic heterocycles. The molecule has 168 valence electrons. The van der Waals surface area contributed by atoms with Crippen molar-refractivity contribution in [2.24, 2.45) is 14.1 Å². The van der Waals surface area contributed by atoms with Gasteiger partial charge in [-0.1, -0.05) is 35.3 Å². The largest absolute Gasteiger partial charge is 0.330 e. The van der Waals surface area contributed by atoms with Gasteiger partial charge >= 0.3 is 0 Å². The second-order valence-electron chi connectivity index (χ2n) is 8.58. The molecular weight excluding hydrogens is 480 g/mol. The van der Waals surface area contributed by atoms with Crippen LogP contribution in [-0.2, 0) is 19.8 Å². The zero-order valence-electron chi connectivity index (χ0n) is 18.4. The fraction of sp³-hybridized carbons (Fsp3) is 0.200. The number of thiazole rings is 1. The van der Waals surface area contributed by atoms with Crippen LogP contribution in [0.2, 0.25) is 10.0 Å². The van der Waals surface area contributed by atoms with Crippen LogP contribution in [0.15, 0.2) is 52.6 Å². The van der Waals surface area contributed by atoms with E-state index >= 15 is 0 Å². The van der Waals surface area contributed by atoms with Gasteiger partial charge in [0.15, 0.2) is 5.67 Å². The summed E-state index contributed by atoms with van der Waals surface area (Å²) >= 11 is 13.8. The molecule has 5 rings (SSSR count). The lowest BCUT2D eigenvalue weighted by molar-refractivity contribution is 0.221. The second kappa shape index (κ2) is 7.69. The van der Waals surface area contributed by atoms with Crippen LogP contribution in [0.4, 0.5) is 4.39 Å². The van der Waals surface area contributed by atoms with Crippen molar-refractivity contribution in [1.82, 2.24) is 14.1 Å². The normalized spacial score (nSPS) is 12.2. The van der Waals surface area contributed by atoms with Gasteiger partial charge in [-0.05, 0) is 44.2 Å². The number of pyridine rings is 1. The van der Waals surface area contributed by atoms with E-state index in [4.69, 9.17) is 23.2 Å². The summed E-state index contributed by atoms with van der Waals surface area (Å²) in [4.78, 5) is 17.8. The Morgan fingerprint density at radius 1 is 0.970 bits per heavy atom. The molecule has 0 aliphatic rings. The molecule has 0 spiro atoms. The third-order valence-corrected chi connectivity index (χ3v) is 7.57. The highest BCUT2D eigenvalue weighted by atomic mass is 35.5. The summed E-state index contributed by atoms with van der Waals surface area (Å²) in [6, 6.07) is 13.0. The molecule has 0 fully saturated rings. The topological polar surface area (TPSA) is 39.8 Å². The standard InChI is InChI=1S/C25H20Cl2FN3OS/c1-25(2,28)24-29-20(12-33-24)13-5-8-21-16(9-13)17-11-18(15-7-6-14(26)10-19(15)27)23(32)31(4)22(17)30(21)3/h5-12H,1-4H3. The number of benzene rings is 2. The van der Waals surface area contributed by atoms with Gasteiger partial charge in [0.05, 0.1) is 16.2 Å². The summed E-state index contributed by atoms with van der Waals surface area (Å²) in [5.74, 6) is 0. The van der Waals surface area contributed by atoms with Gasteiger partial charge in [-0.2, -0.15) is 0 Å². The molecule has 4 nitrogen and oxygen atoms in total. The summed E-state index contributed by atoms with van der Waals surface area (Å²) in [6.07, 6.45) is 0. The smallest absolute Gasteiger partial charge is 0.259 e. The lowest BCUT2D eigenvalue weighted by Gasteiger charge is -2.09. The first-order valence-electron chi connectivity index (χ1n) is 10.3. The van der Waals surface area contributed by atoms with Gasteiger partial charge in [-0.3, -0.25) is 9.36 Å². The molecule has 0 atom stereocenters. The molecule has 0 amide bonds. The van der Waals surface area contributed by atoms with E-state index in [9.17, 15) is 9.18 Å². The van der Waals surface area contributed by atoms with E-state index in [1.165, 1.54) is 25.2 Å². The predicted octanol–water partition coefficient (Wildman–Crippen LogP) is 7.33. The van der Waals surface area contributed by atoms with Crippen LogP contribution in [0.25, 0.3) is 44.3 Å². The zero-order chi connectivity index (χ0) is 23.7. The predicted molar refractivity (Wildman–Crippen MR) is 136 cm³/mol. The molecule has 0 saturated carbocycles. The molecule has 0 N–H and O–H groups in total. The summed E-state index contributed by atoms with van der Waals surface area (Å²) in [7, 11) is 3.69. The van der Waals surface area contributed by atoms with Crippen LogP contribution in [0.3, 0.4) is 0 Å². The summed E-state index contributed by atoms with van der Waals surface area (Å²) in [5, 5.41) is 5.13. The van der Waals surface area contributed by atoms with E-state index in [1.54, 1.807) is 29.8 Å². The van der Waals surface area contributed by atoms with Crippen molar-refractivity contribution >= 4 is 56.5 Å². The van der Waals surface area contributed by atoms with Crippen molar-refractivity contribution in [2.75, 3.05) is 0 Å². The van der Waals surface area contributed by atoms with E-state index in [-0.39, 0.29) is 5.56 Å². The van der Waals surface area contributed by atoms with E-state index in [2.05, 4.69) is 4.98 Å². The van der Waals surface area contributed by atoms with Gasteiger partial charge in [0.1, 0.15) is 10.7 Å². The Balaban J connectivity index is 1.78. The minimum atomic E-state index is -1.49. The van der Waals surface area contributed by atoms with Crippen molar-refractivity contribution in [3.8, 4) is 22.4 Å². The highest BCUT2D eigenvalue weighted by Gasteiger charge is 2.24. The van der Waals surface area contributed by atoms with Gasteiger partial charge in [0, 0.05) is 52.0 Å². The summed E-state index contributed by atoms with van der Waals surface area (Å²) < 4.78 is 18.0. The molecule has 0 unspecified atom stereocenters. The van der Waals surface area contributed by atoms with Gasteiger partial charge in [-0.15, -0.1) is 11.3 Å². The highest BCUT2D eigenvalue weighted by molar-refractivity contribution is 7.10. The first kappa shape index (κ1) is 22.1. The maximum Gasteiger partial charge on any atom is 0.259 e. The third kappa shape index (κ3) is 3.57. The van der Waals surface area contributed by atoms with Crippen molar-refractivity contribution in [3.63, 3.8) is 0 Å². The molecule has 5 aromatic rings. The van der Waals surface area contributed by atoms with Crippen molar-refractivity contribution in [1.29, 1.82) is 0 Å². The number of aromatic nitrogens is 3. The van der Waals surface area contributed by atoms with Crippen LogP contribution in [0, 0.1) is 0 Å². The second-order valence-corrected chi connectivity index (χ2v) is 10.3. The summed E-state index contributed by atoms with van der Waals surface area (Å²) in [5.41, 5.74) is 2.89. The maximum atomic E-state index is 14.4. The Kier molecular flexibility index (Phi) is 5.16. The fourth-order valence-electron chi connectivity index (χ4n) is 4.23. The third-order valence-electron chi connectivity index (χ3n) is 5.88. The lowest BCUT2D eigenvalue weighted by Crippen LogP contribution is -2.20. The van der Waals surface area contributed by atoms with Gasteiger partial charge in [-0.25, -0.2) is 9.37 Å². The number of hydrogen-bond acceptors (Lipinski definition) is 3. The molecule has 0 radical (unpaired) electrons.